The largest absolute Gasteiger partial charge is 0.376 e. The first-order chi connectivity index (χ1) is 19.9. The molecule has 0 saturated heterocycles. The molecule has 0 spiro atoms. The van der Waals surface area contributed by atoms with Crippen LogP contribution in [0.25, 0.3) is 0 Å². The monoisotopic (exact) mass is 587 g/mol. The lowest BCUT2D eigenvalue weighted by Crippen LogP contribution is -2.51. The second-order valence-electron chi connectivity index (χ2n) is 14.9. The number of hydrogen-bond acceptors (Lipinski definition) is 6. The average Bonchev–Trinajstić information content (AvgIpc) is 3.30. The third-order valence-corrected chi connectivity index (χ3v) is 11.8. The van der Waals surface area contributed by atoms with Gasteiger partial charge in [0.05, 0.1) is 19.1 Å². The molecule has 4 aliphatic rings. The molecule has 7 heteroatoms. The summed E-state index contributed by atoms with van der Waals surface area (Å²) in [6.45, 7) is 14.5. The zero-order chi connectivity index (χ0) is 30.5. The van der Waals surface area contributed by atoms with E-state index in [2.05, 4.69) is 55.8 Å². The SMILES string of the molecule is CC(=O)OOC(=O)CCC(=O)NCCO[C@H]1CC[C@@]2(C)C(=CCC3C2CC[C@@]2(C)C3CC[C@@H]2[C@H](C)CCCC(C)C)C1. The van der Waals surface area contributed by atoms with E-state index >= 15 is 0 Å². The molecule has 8 atom stereocenters. The number of allylic oxidation sites excluding steroid dienone is 1. The Hall–Kier alpha value is -1.89. The van der Waals surface area contributed by atoms with Crippen molar-refractivity contribution < 1.29 is 28.9 Å². The topological polar surface area (TPSA) is 90.9 Å². The maximum atomic E-state index is 12.0. The Morgan fingerprint density at radius 3 is 2.50 bits per heavy atom. The lowest BCUT2D eigenvalue weighted by molar-refractivity contribution is -0.257. The summed E-state index contributed by atoms with van der Waals surface area (Å²) in [5, 5.41) is 2.80. The Morgan fingerprint density at radius 1 is 0.976 bits per heavy atom. The van der Waals surface area contributed by atoms with E-state index in [9.17, 15) is 14.4 Å². The molecule has 238 valence electrons. The minimum atomic E-state index is -0.744. The van der Waals surface area contributed by atoms with Crippen LogP contribution in [0.5, 0.6) is 0 Å². The molecular formula is C35H57NO6. The van der Waals surface area contributed by atoms with E-state index in [1.165, 1.54) is 57.8 Å². The van der Waals surface area contributed by atoms with Gasteiger partial charge in [-0.1, -0.05) is 65.5 Å². The van der Waals surface area contributed by atoms with Gasteiger partial charge in [-0.3, -0.25) is 4.79 Å². The molecule has 4 aliphatic carbocycles. The summed E-state index contributed by atoms with van der Waals surface area (Å²) >= 11 is 0. The van der Waals surface area contributed by atoms with Crippen molar-refractivity contribution in [2.24, 2.45) is 46.3 Å². The van der Waals surface area contributed by atoms with Gasteiger partial charge in [0.2, 0.25) is 5.91 Å². The van der Waals surface area contributed by atoms with Crippen LogP contribution in [0.3, 0.4) is 0 Å². The van der Waals surface area contributed by atoms with E-state index in [0.717, 1.165) is 55.3 Å². The van der Waals surface area contributed by atoms with Gasteiger partial charge in [0, 0.05) is 19.9 Å². The van der Waals surface area contributed by atoms with Crippen LogP contribution in [0.1, 0.15) is 125 Å². The third-order valence-electron chi connectivity index (χ3n) is 11.8. The Kier molecular flexibility index (Phi) is 11.2. The fourth-order valence-corrected chi connectivity index (χ4v) is 9.66. The van der Waals surface area contributed by atoms with Crippen LogP contribution in [-0.2, 0) is 28.9 Å². The molecule has 0 aromatic heterocycles. The van der Waals surface area contributed by atoms with Crippen molar-refractivity contribution in [3.63, 3.8) is 0 Å². The smallest absolute Gasteiger partial charge is 0.356 e. The van der Waals surface area contributed by atoms with Crippen LogP contribution in [-0.4, -0.2) is 37.1 Å². The molecule has 1 amide bonds. The number of carbonyl (C=O) groups excluding carboxylic acids is 3. The van der Waals surface area contributed by atoms with Crippen LogP contribution < -0.4 is 5.32 Å². The fourth-order valence-electron chi connectivity index (χ4n) is 9.66. The highest BCUT2D eigenvalue weighted by Gasteiger charge is 2.59. The van der Waals surface area contributed by atoms with E-state index in [-0.39, 0.29) is 24.9 Å². The standard InChI is InChI=1S/C35H57NO6/c1-23(2)8-7-9-24(3)29-12-13-30-28-11-10-26-22-27(16-18-34(26,5)31(28)17-19-35(29,30)6)40-21-20-36-32(38)14-15-33(39)42-41-25(4)37/h10,23-24,27-31H,7-9,11-22H2,1-6H3,(H,36,38)/t24-,27+,28?,29-,30?,31?,34+,35-/m1/s1. The van der Waals surface area contributed by atoms with E-state index in [1.807, 2.05) is 0 Å². The van der Waals surface area contributed by atoms with Gasteiger partial charge < -0.3 is 10.1 Å². The number of fused-ring (bicyclic) bond motifs is 5. The second kappa shape index (κ2) is 14.3. The van der Waals surface area contributed by atoms with E-state index in [4.69, 9.17) is 4.74 Å². The highest BCUT2D eigenvalue weighted by atomic mass is 17.2. The first-order valence-corrected chi connectivity index (χ1v) is 16.9. The molecule has 0 aliphatic heterocycles. The number of amides is 1. The number of rotatable bonds is 12. The average molecular weight is 588 g/mol. The molecule has 1 N–H and O–H groups in total. The normalized spacial score (nSPS) is 34.5. The maximum Gasteiger partial charge on any atom is 0.356 e. The summed E-state index contributed by atoms with van der Waals surface area (Å²) in [6, 6.07) is 0. The zero-order valence-electron chi connectivity index (χ0n) is 27.2. The molecule has 3 fully saturated rings. The first kappa shape index (κ1) is 33.0. The van der Waals surface area contributed by atoms with Gasteiger partial charge >= 0.3 is 11.9 Å². The highest BCUT2D eigenvalue weighted by molar-refractivity contribution is 5.81. The summed E-state index contributed by atoms with van der Waals surface area (Å²) in [7, 11) is 0. The molecule has 0 heterocycles. The molecule has 3 unspecified atom stereocenters. The number of hydrogen-bond donors (Lipinski definition) is 1. The van der Waals surface area contributed by atoms with Gasteiger partial charge in [0.15, 0.2) is 0 Å². The molecular weight excluding hydrogens is 530 g/mol. The Bertz CT molecular complexity index is 992. The van der Waals surface area contributed by atoms with Crippen LogP contribution in [0.4, 0.5) is 0 Å². The molecule has 0 radical (unpaired) electrons. The summed E-state index contributed by atoms with van der Waals surface area (Å²) < 4.78 is 6.22. The van der Waals surface area contributed by atoms with E-state index < -0.39 is 11.9 Å². The van der Waals surface area contributed by atoms with Crippen LogP contribution >= 0.6 is 0 Å². The zero-order valence-corrected chi connectivity index (χ0v) is 27.2. The fraction of sp³-hybridized carbons (Fsp3) is 0.857. The van der Waals surface area contributed by atoms with Gasteiger partial charge in [-0.2, -0.15) is 0 Å². The number of ether oxygens (including phenoxy) is 1. The van der Waals surface area contributed by atoms with E-state index in [0.29, 0.717) is 24.0 Å². The summed E-state index contributed by atoms with van der Waals surface area (Å²) in [6.07, 6.45) is 17.0. The third kappa shape index (κ3) is 7.60. The first-order valence-electron chi connectivity index (χ1n) is 16.9. The van der Waals surface area contributed by atoms with Crippen molar-refractivity contribution in [1.82, 2.24) is 5.32 Å². The molecule has 0 bridgehead atoms. The van der Waals surface area contributed by atoms with Gasteiger partial charge in [0.1, 0.15) is 0 Å². The summed E-state index contributed by atoms with van der Waals surface area (Å²) in [5.74, 6) is 3.38. The lowest BCUT2D eigenvalue weighted by Gasteiger charge is -2.58. The number of nitrogens with one attached hydrogen (secondary N) is 1. The van der Waals surface area contributed by atoms with Gasteiger partial charge in [-0.05, 0) is 97.7 Å². The van der Waals surface area contributed by atoms with E-state index in [1.54, 1.807) is 5.57 Å². The number of carbonyl (C=O) groups is 3. The van der Waals surface area contributed by atoms with Crippen molar-refractivity contribution in [3.05, 3.63) is 11.6 Å². The quantitative estimate of drug-likeness (QED) is 0.111. The Morgan fingerprint density at radius 2 is 1.76 bits per heavy atom. The molecule has 7 nitrogen and oxygen atoms in total. The second-order valence-corrected chi connectivity index (χ2v) is 14.9. The predicted octanol–water partition coefficient (Wildman–Crippen LogP) is 7.33. The van der Waals surface area contributed by atoms with Crippen LogP contribution in [0, 0.1) is 46.3 Å². The minimum absolute atomic E-state index is 0.0187. The Labute approximate surface area is 254 Å². The molecule has 42 heavy (non-hydrogen) atoms. The summed E-state index contributed by atoms with van der Waals surface area (Å²) in [5.41, 5.74) is 2.45. The molecule has 3 saturated carbocycles. The molecule has 0 aromatic rings. The van der Waals surface area contributed by atoms with Gasteiger partial charge in [-0.25, -0.2) is 19.4 Å². The van der Waals surface area contributed by atoms with Crippen molar-refractivity contribution in [1.29, 1.82) is 0 Å². The van der Waals surface area contributed by atoms with Crippen molar-refractivity contribution in [3.8, 4) is 0 Å². The van der Waals surface area contributed by atoms with Crippen molar-refractivity contribution >= 4 is 17.8 Å². The van der Waals surface area contributed by atoms with Crippen LogP contribution in [0.2, 0.25) is 0 Å². The Balaban J connectivity index is 1.23. The van der Waals surface area contributed by atoms with Gasteiger partial charge in [0.25, 0.3) is 0 Å². The molecule has 0 aromatic carbocycles. The molecule has 4 rings (SSSR count). The van der Waals surface area contributed by atoms with Gasteiger partial charge in [-0.15, -0.1) is 0 Å². The van der Waals surface area contributed by atoms with Crippen molar-refractivity contribution in [2.45, 2.75) is 131 Å². The maximum absolute atomic E-state index is 12.0. The minimum Gasteiger partial charge on any atom is -0.376 e. The van der Waals surface area contributed by atoms with Crippen LogP contribution in [0.15, 0.2) is 11.6 Å². The predicted molar refractivity (Wildman–Crippen MR) is 163 cm³/mol. The lowest BCUT2D eigenvalue weighted by atomic mass is 9.47. The van der Waals surface area contributed by atoms with Crippen molar-refractivity contribution in [2.75, 3.05) is 13.2 Å². The summed E-state index contributed by atoms with van der Waals surface area (Å²) in [4.78, 5) is 42.7. The highest BCUT2D eigenvalue weighted by Crippen LogP contribution is 2.67.